The monoisotopic (exact) mass is 281 g/mol. The molecule has 0 saturated heterocycles. The zero-order valence-electron chi connectivity index (χ0n) is 13.7. The van der Waals surface area contributed by atoms with Gasteiger partial charge < -0.3 is 5.32 Å². The van der Waals surface area contributed by atoms with E-state index in [9.17, 15) is 0 Å². The van der Waals surface area contributed by atoms with Crippen LogP contribution in [0.25, 0.3) is 11.1 Å². The quantitative estimate of drug-likeness (QED) is 0.787. The normalized spacial score (nSPS) is 11.1. The van der Waals surface area contributed by atoms with Crippen LogP contribution in [0.1, 0.15) is 44.4 Å². The van der Waals surface area contributed by atoms with Gasteiger partial charge in [-0.1, -0.05) is 64.1 Å². The Morgan fingerprint density at radius 1 is 0.905 bits per heavy atom. The summed E-state index contributed by atoms with van der Waals surface area (Å²) >= 11 is 0. The maximum atomic E-state index is 3.49. The molecular formula is C20H27N. The minimum absolute atomic E-state index is 0.517. The molecule has 0 aromatic heterocycles. The summed E-state index contributed by atoms with van der Waals surface area (Å²) in [6.07, 6.45) is 2.17. The molecule has 0 aliphatic carbocycles. The lowest BCUT2D eigenvalue weighted by molar-refractivity contribution is 0.589. The second-order valence-corrected chi connectivity index (χ2v) is 5.93. The van der Waals surface area contributed by atoms with Crippen molar-refractivity contribution in [2.24, 2.45) is 0 Å². The van der Waals surface area contributed by atoms with Gasteiger partial charge >= 0.3 is 0 Å². The van der Waals surface area contributed by atoms with E-state index in [0.29, 0.717) is 6.04 Å². The Hall–Kier alpha value is -1.60. The van der Waals surface area contributed by atoms with Crippen molar-refractivity contribution in [2.45, 2.75) is 53.1 Å². The fourth-order valence-corrected chi connectivity index (χ4v) is 2.59. The lowest BCUT2D eigenvalue weighted by atomic mass is 9.94. The molecule has 112 valence electrons. The summed E-state index contributed by atoms with van der Waals surface area (Å²) in [5.41, 5.74) is 6.92. The molecule has 2 aromatic carbocycles. The molecule has 0 saturated carbocycles. The Morgan fingerprint density at radius 2 is 1.71 bits per heavy atom. The molecule has 1 nitrogen and oxygen atoms in total. The Bertz CT molecular complexity index is 584. The van der Waals surface area contributed by atoms with Gasteiger partial charge in [0.05, 0.1) is 0 Å². The lowest BCUT2D eigenvalue weighted by Gasteiger charge is -2.13. The lowest BCUT2D eigenvalue weighted by Crippen LogP contribution is -2.21. The molecule has 0 aliphatic rings. The topological polar surface area (TPSA) is 12.0 Å². The molecule has 0 aliphatic heterocycles. The van der Waals surface area contributed by atoms with E-state index in [-0.39, 0.29) is 0 Å². The van der Waals surface area contributed by atoms with Gasteiger partial charge in [-0.25, -0.2) is 0 Å². The van der Waals surface area contributed by atoms with Crippen molar-refractivity contribution in [3.8, 4) is 11.1 Å². The first-order valence-electron chi connectivity index (χ1n) is 8.08. The molecule has 0 atom stereocenters. The third kappa shape index (κ3) is 4.18. The number of nitrogens with one attached hydrogen (secondary N) is 1. The van der Waals surface area contributed by atoms with Crippen LogP contribution in [0.5, 0.6) is 0 Å². The van der Waals surface area contributed by atoms with Gasteiger partial charge in [-0.05, 0) is 46.7 Å². The third-order valence-corrected chi connectivity index (χ3v) is 3.92. The van der Waals surface area contributed by atoms with E-state index in [4.69, 9.17) is 0 Å². The minimum atomic E-state index is 0.517. The van der Waals surface area contributed by atoms with Gasteiger partial charge in [0.1, 0.15) is 0 Å². The van der Waals surface area contributed by atoms with Crippen LogP contribution in [-0.2, 0) is 19.4 Å². The average molecular weight is 281 g/mol. The maximum Gasteiger partial charge on any atom is 0.0208 e. The molecule has 21 heavy (non-hydrogen) atoms. The van der Waals surface area contributed by atoms with Crippen molar-refractivity contribution in [2.75, 3.05) is 0 Å². The summed E-state index contributed by atoms with van der Waals surface area (Å²) in [5, 5.41) is 3.49. The number of hydrogen-bond donors (Lipinski definition) is 1. The smallest absolute Gasteiger partial charge is 0.0208 e. The first kappa shape index (κ1) is 15.8. The fourth-order valence-electron chi connectivity index (χ4n) is 2.59. The largest absolute Gasteiger partial charge is 0.310 e. The van der Waals surface area contributed by atoms with Crippen LogP contribution in [0.4, 0.5) is 0 Å². The van der Waals surface area contributed by atoms with Crippen LogP contribution in [0.3, 0.4) is 0 Å². The van der Waals surface area contributed by atoms with Crippen molar-refractivity contribution < 1.29 is 0 Å². The summed E-state index contributed by atoms with van der Waals surface area (Å²) in [6.45, 7) is 9.75. The van der Waals surface area contributed by atoms with E-state index in [1.807, 2.05) is 0 Å². The maximum absolute atomic E-state index is 3.49. The Labute approximate surface area is 129 Å². The third-order valence-electron chi connectivity index (χ3n) is 3.92. The highest BCUT2D eigenvalue weighted by Gasteiger charge is 2.06. The van der Waals surface area contributed by atoms with E-state index in [0.717, 1.165) is 19.4 Å². The van der Waals surface area contributed by atoms with Crippen LogP contribution < -0.4 is 5.32 Å². The first-order valence-corrected chi connectivity index (χ1v) is 8.08. The minimum Gasteiger partial charge on any atom is -0.310 e. The average Bonchev–Trinajstić information content (AvgIpc) is 2.52. The van der Waals surface area contributed by atoms with Gasteiger partial charge in [0, 0.05) is 12.6 Å². The van der Waals surface area contributed by atoms with Crippen molar-refractivity contribution in [1.82, 2.24) is 5.32 Å². The van der Waals surface area contributed by atoms with E-state index in [1.54, 1.807) is 0 Å². The summed E-state index contributed by atoms with van der Waals surface area (Å²) in [6, 6.07) is 16.3. The highest BCUT2D eigenvalue weighted by Crippen LogP contribution is 2.26. The standard InChI is InChI=1S/C20H27N/c1-5-16-10-11-18(6-2)20(13-16)19-9-7-8-17(12-19)14-21-15(3)4/h7-13,15,21H,5-6,14H2,1-4H3. The number of benzene rings is 2. The van der Waals surface area contributed by atoms with Gasteiger partial charge in [0.15, 0.2) is 0 Å². The predicted octanol–water partition coefficient (Wildman–Crippen LogP) is 4.98. The summed E-state index contributed by atoms with van der Waals surface area (Å²) in [7, 11) is 0. The highest BCUT2D eigenvalue weighted by molar-refractivity contribution is 5.69. The fraction of sp³-hybridized carbons (Fsp3) is 0.400. The van der Waals surface area contributed by atoms with Gasteiger partial charge in [0.2, 0.25) is 0 Å². The Morgan fingerprint density at radius 3 is 2.38 bits per heavy atom. The van der Waals surface area contributed by atoms with Crippen molar-refractivity contribution in [3.63, 3.8) is 0 Å². The van der Waals surface area contributed by atoms with Crippen molar-refractivity contribution in [3.05, 3.63) is 59.2 Å². The summed E-state index contributed by atoms with van der Waals surface area (Å²) < 4.78 is 0. The molecular weight excluding hydrogens is 254 g/mol. The van der Waals surface area contributed by atoms with Crippen molar-refractivity contribution >= 4 is 0 Å². The van der Waals surface area contributed by atoms with Crippen LogP contribution >= 0.6 is 0 Å². The van der Waals surface area contributed by atoms with Gasteiger partial charge in [0.25, 0.3) is 0 Å². The summed E-state index contributed by atoms with van der Waals surface area (Å²) in [4.78, 5) is 0. The molecule has 0 fully saturated rings. The molecule has 1 heteroatoms. The molecule has 2 rings (SSSR count). The molecule has 2 aromatic rings. The highest BCUT2D eigenvalue weighted by atomic mass is 14.9. The summed E-state index contributed by atoms with van der Waals surface area (Å²) in [5.74, 6) is 0. The molecule has 0 heterocycles. The van der Waals surface area contributed by atoms with E-state index < -0.39 is 0 Å². The number of rotatable bonds is 6. The second-order valence-electron chi connectivity index (χ2n) is 5.93. The number of aryl methyl sites for hydroxylation is 2. The molecule has 0 bridgehead atoms. The zero-order chi connectivity index (χ0) is 15.2. The molecule has 0 radical (unpaired) electrons. The number of hydrogen-bond acceptors (Lipinski definition) is 1. The Balaban J connectivity index is 2.34. The van der Waals surface area contributed by atoms with Crippen molar-refractivity contribution in [1.29, 1.82) is 0 Å². The zero-order valence-corrected chi connectivity index (χ0v) is 13.7. The van der Waals surface area contributed by atoms with Crippen LogP contribution in [0.15, 0.2) is 42.5 Å². The van der Waals surface area contributed by atoms with E-state index >= 15 is 0 Å². The molecule has 1 N–H and O–H groups in total. The molecule has 0 spiro atoms. The van der Waals surface area contributed by atoms with Crippen LogP contribution in [-0.4, -0.2) is 6.04 Å². The molecule has 0 amide bonds. The molecule has 0 unspecified atom stereocenters. The van der Waals surface area contributed by atoms with Gasteiger partial charge in [-0.2, -0.15) is 0 Å². The first-order chi connectivity index (χ1) is 10.1. The van der Waals surface area contributed by atoms with Gasteiger partial charge in [-0.3, -0.25) is 0 Å². The Kier molecular flexibility index (Phi) is 5.58. The predicted molar refractivity (Wildman–Crippen MR) is 92.6 cm³/mol. The second kappa shape index (κ2) is 7.42. The van der Waals surface area contributed by atoms with E-state index in [2.05, 4.69) is 75.5 Å². The van der Waals surface area contributed by atoms with Gasteiger partial charge in [-0.15, -0.1) is 0 Å². The van der Waals surface area contributed by atoms with E-state index in [1.165, 1.54) is 27.8 Å². The van der Waals surface area contributed by atoms with Crippen LogP contribution in [0, 0.1) is 0 Å². The van der Waals surface area contributed by atoms with Crippen LogP contribution in [0.2, 0.25) is 0 Å². The SMILES string of the molecule is CCc1ccc(CC)c(-c2cccc(CNC(C)C)c2)c1.